The molecule has 0 radical (unpaired) electrons. The highest BCUT2D eigenvalue weighted by molar-refractivity contribution is 6.30. The third-order valence-electron chi connectivity index (χ3n) is 5.53. The van der Waals surface area contributed by atoms with Gasteiger partial charge in [-0.1, -0.05) is 43.5 Å². The number of nitrogens with one attached hydrogen (secondary N) is 2. The van der Waals surface area contributed by atoms with Crippen LogP contribution in [0.2, 0.25) is 5.02 Å². The van der Waals surface area contributed by atoms with Crippen molar-refractivity contribution in [2.45, 2.75) is 38.0 Å². The van der Waals surface area contributed by atoms with Crippen molar-refractivity contribution in [3.8, 4) is 0 Å². The first kappa shape index (κ1) is 18.6. The first-order valence-corrected chi connectivity index (χ1v) is 8.73. The average Bonchev–Trinajstić information content (AvgIpc) is 2.93. The highest BCUT2D eigenvalue weighted by atomic mass is 35.5. The van der Waals surface area contributed by atoms with Crippen molar-refractivity contribution in [3.05, 3.63) is 34.9 Å². The van der Waals surface area contributed by atoms with Crippen LogP contribution in [0.1, 0.15) is 38.2 Å². The minimum atomic E-state index is 0. The maximum atomic E-state index is 12.4. The maximum absolute atomic E-state index is 12.4. The Bertz CT molecular complexity index is 540. The zero-order valence-electron chi connectivity index (χ0n) is 13.6. The Morgan fingerprint density at radius 2 is 2.09 bits per heavy atom. The molecule has 0 bridgehead atoms. The van der Waals surface area contributed by atoms with Crippen LogP contribution in [-0.2, 0) is 10.2 Å². The van der Waals surface area contributed by atoms with Crippen LogP contribution < -0.4 is 10.6 Å². The summed E-state index contributed by atoms with van der Waals surface area (Å²) in [7, 11) is 0. The van der Waals surface area contributed by atoms with Gasteiger partial charge in [0.2, 0.25) is 5.91 Å². The Labute approximate surface area is 150 Å². The Balaban J connectivity index is 0.00000192. The van der Waals surface area contributed by atoms with E-state index in [0.717, 1.165) is 37.5 Å². The molecule has 2 aliphatic rings. The molecule has 2 N–H and O–H groups in total. The Morgan fingerprint density at radius 3 is 2.65 bits per heavy atom. The molecule has 1 amide bonds. The van der Waals surface area contributed by atoms with Gasteiger partial charge in [0.15, 0.2) is 0 Å². The highest BCUT2D eigenvalue weighted by Crippen LogP contribution is 2.41. The summed E-state index contributed by atoms with van der Waals surface area (Å²) in [5.74, 6) is 0.782. The summed E-state index contributed by atoms with van der Waals surface area (Å²) < 4.78 is 0. The third-order valence-corrected chi connectivity index (χ3v) is 5.77. The van der Waals surface area contributed by atoms with Gasteiger partial charge in [-0.15, -0.1) is 12.4 Å². The van der Waals surface area contributed by atoms with Crippen molar-refractivity contribution in [2.75, 3.05) is 19.6 Å². The lowest BCUT2D eigenvalue weighted by atomic mass is 9.78. The van der Waals surface area contributed by atoms with Gasteiger partial charge in [-0.25, -0.2) is 0 Å². The largest absolute Gasteiger partial charge is 0.355 e. The maximum Gasteiger partial charge on any atom is 0.223 e. The van der Waals surface area contributed by atoms with Crippen molar-refractivity contribution < 1.29 is 4.79 Å². The van der Waals surface area contributed by atoms with Gasteiger partial charge in [-0.05, 0) is 49.5 Å². The SMILES string of the molecule is CC(C(=O)NCC1(c2cccc(Cl)c2)CCCC1)C1CNC1.Cl. The second-order valence-corrected chi connectivity index (χ2v) is 7.36. The zero-order valence-corrected chi connectivity index (χ0v) is 15.2. The van der Waals surface area contributed by atoms with Gasteiger partial charge >= 0.3 is 0 Å². The lowest BCUT2D eigenvalue weighted by Gasteiger charge is -2.34. The van der Waals surface area contributed by atoms with E-state index in [4.69, 9.17) is 11.6 Å². The van der Waals surface area contributed by atoms with E-state index in [1.54, 1.807) is 0 Å². The van der Waals surface area contributed by atoms with E-state index in [2.05, 4.69) is 22.8 Å². The van der Waals surface area contributed by atoms with E-state index < -0.39 is 0 Å². The molecule has 1 heterocycles. The Kier molecular flexibility index (Phi) is 6.35. The van der Waals surface area contributed by atoms with E-state index in [0.29, 0.717) is 5.92 Å². The lowest BCUT2D eigenvalue weighted by Crippen LogP contribution is -2.51. The summed E-state index contributed by atoms with van der Waals surface area (Å²) >= 11 is 6.17. The van der Waals surface area contributed by atoms with Crippen molar-refractivity contribution in [1.82, 2.24) is 10.6 Å². The number of benzene rings is 1. The van der Waals surface area contributed by atoms with Crippen LogP contribution >= 0.6 is 24.0 Å². The molecule has 1 saturated heterocycles. The van der Waals surface area contributed by atoms with Crippen LogP contribution in [0.15, 0.2) is 24.3 Å². The van der Waals surface area contributed by atoms with Gasteiger partial charge in [0.25, 0.3) is 0 Å². The molecule has 1 aliphatic heterocycles. The zero-order chi connectivity index (χ0) is 15.6. The van der Waals surface area contributed by atoms with Crippen molar-refractivity contribution in [2.24, 2.45) is 11.8 Å². The third kappa shape index (κ3) is 4.01. The van der Waals surface area contributed by atoms with Crippen LogP contribution in [-0.4, -0.2) is 25.5 Å². The van der Waals surface area contributed by atoms with E-state index in [1.165, 1.54) is 18.4 Å². The summed E-state index contributed by atoms with van der Waals surface area (Å²) in [6.45, 7) is 4.71. The van der Waals surface area contributed by atoms with Crippen LogP contribution in [0.5, 0.6) is 0 Å². The number of hydrogen-bond donors (Lipinski definition) is 2. The fraction of sp³-hybridized carbons (Fsp3) is 0.611. The minimum Gasteiger partial charge on any atom is -0.355 e. The quantitative estimate of drug-likeness (QED) is 0.846. The van der Waals surface area contributed by atoms with Crippen LogP contribution in [0.3, 0.4) is 0 Å². The second-order valence-electron chi connectivity index (χ2n) is 6.92. The van der Waals surface area contributed by atoms with Crippen LogP contribution in [0.4, 0.5) is 0 Å². The second kappa shape index (κ2) is 7.87. The average molecular weight is 357 g/mol. The summed E-state index contributed by atoms with van der Waals surface area (Å²) in [6, 6.07) is 8.15. The molecule has 128 valence electrons. The number of halogens is 2. The fourth-order valence-corrected chi connectivity index (χ4v) is 3.92. The lowest BCUT2D eigenvalue weighted by molar-refractivity contribution is -0.127. The number of hydrogen-bond acceptors (Lipinski definition) is 2. The van der Waals surface area contributed by atoms with Gasteiger partial charge in [0.1, 0.15) is 0 Å². The monoisotopic (exact) mass is 356 g/mol. The number of carbonyl (C=O) groups is 1. The Hall–Kier alpha value is -0.770. The van der Waals surface area contributed by atoms with Crippen LogP contribution in [0.25, 0.3) is 0 Å². The molecule has 1 aliphatic carbocycles. The first-order chi connectivity index (χ1) is 10.6. The van der Waals surface area contributed by atoms with Crippen molar-refractivity contribution >= 4 is 29.9 Å². The van der Waals surface area contributed by atoms with Crippen molar-refractivity contribution in [3.63, 3.8) is 0 Å². The van der Waals surface area contributed by atoms with E-state index in [-0.39, 0.29) is 29.6 Å². The summed E-state index contributed by atoms with van der Waals surface area (Å²) in [5, 5.41) is 7.24. The topological polar surface area (TPSA) is 41.1 Å². The fourth-order valence-electron chi connectivity index (χ4n) is 3.73. The molecule has 1 unspecified atom stereocenters. The van der Waals surface area contributed by atoms with E-state index in [1.807, 2.05) is 19.1 Å². The molecular weight excluding hydrogens is 331 g/mol. The molecule has 1 aromatic carbocycles. The van der Waals surface area contributed by atoms with Gasteiger partial charge in [-0.2, -0.15) is 0 Å². The first-order valence-electron chi connectivity index (χ1n) is 8.35. The summed E-state index contributed by atoms with van der Waals surface area (Å²) in [5.41, 5.74) is 1.34. The minimum absolute atomic E-state index is 0. The van der Waals surface area contributed by atoms with Gasteiger partial charge in [-0.3, -0.25) is 4.79 Å². The molecule has 2 fully saturated rings. The molecule has 1 aromatic rings. The smallest absolute Gasteiger partial charge is 0.223 e. The van der Waals surface area contributed by atoms with E-state index in [9.17, 15) is 4.79 Å². The number of rotatable bonds is 5. The summed E-state index contributed by atoms with van der Waals surface area (Å²) in [6.07, 6.45) is 4.72. The Morgan fingerprint density at radius 1 is 1.39 bits per heavy atom. The predicted octanol–water partition coefficient (Wildman–Crippen LogP) is 3.55. The number of amides is 1. The molecule has 0 aromatic heterocycles. The predicted molar refractivity (Wildman–Crippen MR) is 97.4 cm³/mol. The number of carbonyl (C=O) groups excluding carboxylic acids is 1. The van der Waals surface area contributed by atoms with Crippen LogP contribution in [0, 0.1) is 11.8 Å². The standard InChI is InChI=1S/C18H25ClN2O.ClH/c1-13(14-10-20-11-14)17(22)21-12-18(7-2-3-8-18)15-5-4-6-16(19)9-15;/h4-6,9,13-14,20H,2-3,7-8,10-12H2,1H3,(H,21,22);1H. The normalized spacial score (nSPS) is 21.1. The van der Waals surface area contributed by atoms with Gasteiger partial charge in [0, 0.05) is 22.9 Å². The highest BCUT2D eigenvalue weighted by Gasteiger charge is 2.37. The van der Waals surface area contributed by atoms with Gasteiger partial charge in [0.05, 0.1) is 0 Å². The molecular formula is C18H26Cl2N2O. The molecule has 23 heavy (non-hydrogen) atoms. The summed E-state index contributed by atoms with van der Waals surface area (Å²) in [4.78, 5) is 12.4. The molecule has 5 heteroatoms. The molecule has 0 spiro atoms. The molecule has 1 atom stereocenters. The van der Waals surface area contributed by atoms with Gasteiger partial charge < -0.3 is 10.6 Å². The van der Waals surface area contributed by atoms with Crippen molar-refractivity contribution in [1.29, 1.82) is 0 Å². The van der Waals surface area contributed by atoms with E-state index >= 15 is 0 Å². The molecule has 3 rings (SSSR count). The molecule has 3 nitrogen and oxygen atoms in total. The molecule has 1 saturated carbocycles.